The van der Waals surface area contributed by atoms with Crippen molar-refractivity contribution in [3.8, 4) is 0 Å². The van der Waals surface area contributed by atoms with Crippen molar-refractivity contribution in [2.24, 2.45) is 0 Å². The fourth-order valence-corrected chi connectivity index (χ4v) is 2.57. The van der Waals surface area contributed by atoms with E-state index in [1.807, 2.05) is 24.5 Å². The number of carbonyl (C=O) groups is 1. The molecule has 0 heterocycles. The summed E-state index contributed by atoms with van der Waals surface area (Å²) in [6.45, 7) is 0. The fraction of sp³-hybridized carbons (Fsp3) is 0.188. The van der Waals surface area contributed by atoms with Crippen molar-refractivity contribution in [2.75, 3.05) is 30.6 Å². The summed E-state index contributed by atoms with van der Waals surface area (Å²) in [6.07, 6.45) is 1.95. The number of hydrogen-bond acceptors (Lipinski definition) is 5. The highest BCUT2D eigenvalue weighted by Crippen LogP contribution is 2.26. The first kappa shape index (κ1) is 16.8. The molecule has 0 aliphatic carbocycles. The number of amides is 1. The maximum absolute atomic E-state index is 12.5. The Balaban J connectivity index is 2.36. The number of nitrogens with zero attached hydrogens (tertiary/aromatic N) is 2. The number of thioether (sulfide) groups is 1. The molecule has 0 radical (unpaired) electrons. The van der Waals surface area contributed by atoms with Crippen molar-refractivity contribution in [1.29, 1.82) is 0 Å². The van der Waals surface area contributed by atoms with Gasteiger partial charge in [-0.25, -0.2) is 0 Å². The molecule has 2 aromatic rings. The summed E-state index contributed by atoms with van der Waals surface area (Å²) in [5.74, 6) is -0.379. The average Bonchev–Trinajstić information content (AvgIpc) is 2.54. The summed E-state index contributed by atoms with van der Waals surface area (Å²) in [6, 6.07) is 11.7. The second kappa shape index (κ2) is 7.15. The quantitative estimate of drug-likeness (QED) is 0.514. The largest absolute Gasteiger partial charge is 0.377 e. The lowest BCUT2D eigenvalue weighted by atomic mass is 10.1. The molecule has 0 unspecified atom stereocenters. The first-order chi connectivity index (χ1) is 10.9. The predicted octanol–water partition coefficient (Wildman–Crippen LogP) is 3.64. The number of benzene rings is 2. The zero-order valence-electron chi connectivity index (χ0n) is 13.1. The van der Waals surface area contributed by atoms with Gasteiger partial charge in [0.15, 0.2) is 0 Å². The summed E-state index contributed by atoms with van der Waals surface area (Å²) < 4.78 is 0. The Morgan fingerprint density at radius 1 is 1.22 bits per heavy atom. The molecule has 0 fully saturated rings. The van der Waals surface area contributed by atoms with Gasteiger partial charge in [0.05, 0.1) is 10.5 Å². The van der Waals surface area contributed by atoms with Gasteiger partial charge in [-0.2, -0.15) is 0 Å². The second-order valence-corrected chi connectivity index (χ2v) is 5.92. The molecule has 1 N–H and O–H groups in total. The Labute approximate surface area is 138 Å². The average molecular weight is 331 g/mol. The summed E-state index contributed by atoms with van der Waals surface area (Å²) in [4.78, 5) is 25.8. The third kappa shape index (κ3) is 4.01. The Kier molecular flexibility index (Phi) is 5.23. The number of anilines is 2. The summed E-state index contributed by atoms with van der Waals surface area (Å²) in [5.41, 5.74) is 1.42. The van der Waals surface area contributed by atoms with Crippen LogP contribution in [-0.2, 0) is 0 Å². The first-order valence-electron chi connectivity index (χ1n) is 6.83. The first-order valence-corrected chi connectivity index (χ1v) is 8.06. The number of nitro groups is 1. The van der Waals surface area contributed by atoms with Crippen molar-refractivity contribution < 1.29 is 9.72 Å². The molecule has 0 aliphatic rings. The van der Waals surface area contributed by atoms with E-state index in [1.54, 1.807) is 42.9 Å². The zero-order valence-corrected chi connectivity index (χ0v) is 13.9. The van der Waals surface area contributed by atoms with Crippen molar-refractivity contribution >= 4 is 34.7 Å². The van der Waals surface area contributed by atoms with E-state index < -0.39 is 4.92 Å². The molecule has 0 atom stereocenters. The van der Waals surface area contributed by atoms with E-state index in [2.05, 4.69) is 5.32 Å². The van der Waals surface area contributed by atoms with Crippen LogP contribution in [0.4, 0.5) is 17.1 Å². The van der Waals surface area contributed by atoms with Crippen LogP contribution in [0, 0.1) is 10.1 Å². The van der Waals surface area contributed by atoms with E-state index in [1.165, 1.54) is 12.1 Å². The summed E-state index contributed by atoms with van der Waals surface area (Å²) >= 11 is 1.57. The highest BCUT2D eigenvalue weighted by molar-refractivity contribution is 7.98. The Bertz CT molecular complexity index is 747. The Morgan fingerprint density at radius 3 is 2.57 bits per heavy atom. The van der Waals surface area contributed by atoms with Crippen LogP contribution in [0.1, 0.15) is 10.4 Å². The summed E-state index contributed by atoms with van der Waals surface area (Å²) in [7, 11) is 3.57. The van der Waals surface area contributed by atoms with Crippen LogP contribution in [0.2, 0.25) is 0 Å². The topological polar surface area (TPSA) is 75.5 Å². The van der Waals surface area contributed by atoms with Crippen LogP contribution < -0.4 is 10.2 Å². The standard InChI is InChI=1S/C16H17N3O3S/c1-18(2)15-8-7-12(19(21)22)10-14(15)16(20)17-11-5-4-6-13(9-11)23-3/h4-10H,1-3H3,(H,17,20). The lowest BCUT2D eigenvalue weighted by Crippen LogP contribution is -2.18. The molecule has 2 rings (SSSR count). The van der Waals surface area contributed by atoms with Crippen LogP contribution in [0.5, 0.6) is 0 Å². The molecule has 0 saturated heterocycles. The molecule has 0 spiro atoms. The normalized spacial score (nSPS) is 10.2. The van der Waals surface area contributed by atoms with Crippen LogP contribution in [0.15, 0.2) is 47.4 Å². The number of hydrogen-bond donors (Lipinski definition) is 1. The SMILES string of the molecule is CSc1cccc(NC(=O)c2cc([N+](=O)[O-])ccc2N(C)C)c1. The van der Waals surface area contributed by atoms with E-state index in [-0.39, 0.29) is 17.2 Å². The molecule has 0 bridgehead atoms. The second-order valence-electron chi connectivity index (χ2n) is 5.04. The molecule has 6 nitrogen and oxygen atoms in total. The minimum absolute atomic E-state index is 0.112. The van der Waals surface area contributed by atoms with Crippen molar-refractivity contribution in [2.45, 2.75) is 4.90 Å². The maximum Gasteiger partial charge on any atom is 0.270 e. The summed E-state index contributed by atoms with van der Waals surface area (Å²) in [5, 5.41) is 13.7. The van der Waals surface area contributed by atoms with E-state index in [9.17, 15) is 14.9 Å². The van der Waals surface area contributed by atoms with E-state index in [0.717, 1.165) is 4.90 Å². The van der Waals surface area contributed by atoms with Gasteiger partial charge in [0, 0.05) is 42.5 Å². The molecular formula is C16H17N3O3S. The number of carbonyl (C=O) groups excluding carboxylic acids is 1. The van der Waals surface area contributed by atoms with E-state index in [0.29, 0.717) is 11.4 Å². The highest BCUT2D eigenvalue weighted by Gasteiger charge is 2.18. The van der Waals surface area contributed by atoms with Gasteiger partial charge >= 0.3 is 0 Å². The van der Waals surface area contributed by atoms with Gasteiger partial charge in [-0.1, -0.05) is 6.07 Å². The molecule has 23 heavy (non-hydrogen) atoms. The van der Waals surface area contributed by atoms with Crippen LogP contribution in [-0.4, -0.2) is 31.2 Å². The van der Waals surface area contributed by atoms with Gasteiger partial charge in [0.25, 0.3) is 11.6 Å². The van der Waals surface area contributed by atoms with E-state index >= 15 is 0 Å². The molecule has 120 valence electrons. The van der Waals surface area contributed by atoms with Crippen molar-refractivity contribution in [3.63, 3.8) is 0 Å². The van der Waals surface area contributed by atoms with Gasteiger partial charge in [-0.3, -0.25) is 14.9 Å². The minimum Gasteiger partial charge on any atom is -0.377 e. The Morgan fingerprint density at radius 2 is 1.96 bits per heavy atom. The van der Waals surface area contributed by atoms with Crippen molar-refractivity contribution in [3.05, 3.63) is 58.1 Å². The van der Waals surface area contributed by atoms with Gasteiger partial charge < -0.3 is 10.2 Å². The fourth-order valence-electron chi connectivity index (χ4n) is 2.11. The van der Waals surface area contributed by atoms with Crippen LogP contribution >= 0.6 is 11.8 Å². The van der Waals surface area contributed by atoms with Gasteiger partial charge in [0.1, 0.15) is 0 Å². The molecular weight excluding hydrogens is 314 g/mol. The van der Waals surface area contributed by atoms with Crippen LogP contribution in [0.25, 0.3) is 0 Å². The lowest BCUT2D eigenvalue weighted by Gasteiger charge is -2.17. The third-order valence-electron chi connectivity index (χ3n) is 3.24. The predicted molar refractivity (Wildman–Crippen MR) is 93.6 cm³/mol. The molecule has 7 heteroatoms. The monoisotopic (exact) mass is 331 g/mol. The van der Waals surface area contributed by atoms with Gasteiger partial charge in [-0.05, 0) is 30.5 Å². The Hall–Kier alpha value is -2.54. The number of rotatable bonds is 5. The molecule has 0 aliphatic heterocycles. The maximum atomic E-state index is 12.5. The van der Waals surface area contributed by atoms with Gasteiger partial charge in [0.2, 0.25) is 0 Å². The minimum atomic E-state index is -0.509. The van der Waals surface area contributed by atoms with E-state index in [4.69, 9.17) is 0 Å². The number of nitrogens with one attached hydrogen (secondary N) is 1. The van der Waals surface area contributed by atoms with Gasteiger partial charge in [-0.15, -0.1) is 11.8 Å². The smallest absolute Gasteiger partial charge is 0.270 e. The molecule has 0 aromatic heterocycles. The van der Waals surface area contributed by atoms with Crippen LogP contribution in [0.3, 0.4) is 0 Å². The third-order valence-corrected chi connectivity index (χ3v) is 3.97. The highest BCUT2D eigenvalue weighted by atomic mass is 32.2. The number of non-ortho nitro benzene ring substituents is 1. The zero-order chi connectivity index (χ0) is 17.0. The molecule has 2 aromatic carbocycles. The molecule has 0 saturated carbocycles. The van der Waals surface area contributed by atoms with Crippen molar-refractivity contribution in [1.82, 2.24) is 0 Å². The molecule has 1 amide bonds. The lowest BCUT2D eigenvalue weighted by molar-refractivity contribution is -0.384. The number of nitro benzene ring substituents is 1.